The summed E-state index contributed by atoms with van der Waals surface area (Å²) in [6.45, 7) is 5.53. The Bertz CT molecular complexity index is 1010. The van der Waals surface area contributed by atoms with E-state index in [1.165, 1.54) is 11.8 Å². The van der Waals surface area contributed by atoms with E-state index in [0.29, 0.717) is 28.2 Å². The molecule has 0 bridgehead atoms. The minimum absolute atomic E-state index is 0.169. The van der Waals surface area contributed by atoms with Gasteiger partial charge in [0.2, 0.25) is 11.8 Å². The van der Waals surface area contributed by atoms with Gasteiger partial charge in [-0.15, -0.1) is 10.2 Å². The van der Waals surface area contributed by atoms with E-state index in [1.807, 2.05) is 20.9 Å². The van der Waals surface area contributed by atoms with Crippen molar-refractivity contribution < 1.29 is 18.7 Å². The highest BCUT2D eigenvalue weighted by Gasteiger charge is 2.21. The first-order chi connectivity index (χ1) is 13.8. The van der Waals surface area contributed by atoms with Crippen LogP contribution in [0, 0.1) is 13.8 Å². The van der Waals surface area contributed by atoms with E-state index in [4.69, 9.17) is 13.9 Å². The molecular weight excluding hydrogens is 394 g/mol. The SMILES string of the molecule is COc1cc(OC)cc(-c2nnc(S[C@H](C)C(=O)Nc3c(C)nn(C)c3C)o2)c1. The minimum atomic E-state index is -0.442. The van der Waals surface area contributed by atoms with Gasteiger partial charge >= 0.3 is 0 Å². The molecule has 2 aromatic heterocycles. The van der Waals surface area contributed by atoms with Crippen molar-refractivity contribution in [3.63, 3.8) is 0 Å². The molecule has 154 valence electrons. The standard InChI is InChI=1S/C19H23N5O4S/c1-10-16(11(2)24(4)23-10)20-17(25)12(3)29-19-22-21-18(28-19)13-7-14(26-5)9-15(8-13)27-6/h7-9,12H,1-6H3,(H,20,25)/t12-/m1/s1. The molecule has 0 fully saturated rings. The number of carbonyl (C=O) groups is 1. The monoisotopic (exact) mass is 417 g/mol. The third kappa shape index (κ3) is 4.53. The number of aryl methyl sites for hydroxylation is 2. The van der Waals surface area contributed by atoms with Crippen LogP contribution in [-0.2, 0) is 11.8 Å². The fraction of sp³-hybridized carbons (Fsp3) is 0.368. The molecule has 2 heterocycles. The lowest BCUT2D eigenvalue weighted by Crippen LogP contribution is -2.23. The fourth-order valence-corrected chi connectivity index (χ4v) is 3.37. The zero-order chi connectivity index (χ0) is 21.1. The van der Waals surface area contributed by atoms with Gasteiger partial charge in [-0.3, -0.25) is 9.48 Å². The molecule has 3 aromatic rings. The van der Waals surface area contributed by atoms with Crippen LogP contribution in [0.25, 0.3) is 11.5 Å². The first-order valence-corrected chi connectivity index (χ1v) is 9.75. The Labute approximate surface area is 172 Å². The fourth-order valence-electron chi connectivity index (χ4n) is 2.69. The largest absolute Gasteiger partial charge is 0.497 e. The van der Waals surface area contributed by atoms with E-state index < -0.39 is 5.25 Å². The molecule has 10 heteroatoms. The number of rotatable bonds is 7. The summed E-state index contributed by atoms with van der Waals surface area (Å²) in [5.41, 5.74) is 3.04. The van der Waals surface area contributed by atoms with Gasteiger partial charge in [-0.2, -0.15) is 5.10 Å². The van der Waals surface area contributed by atoms with Crippen molar-refractivity contribution in [2.45, 2.75) is 31.2 Å². The summed E-state index contributed by atoms with van der Waals surface area (Å²) < 4.78 is 18.0. The number of nitrogens with zero attached hydrogens (tertiary/aromatic N) is 4. The van der Waals surface area contributed by atoms with Gasteiger partial charge in [-0.05, 0) is 32.9 Å². The first-order valence-electron chi connectivity index (χ1n) is 8.87. The van der Waals surface area contributed by atoms with E-state index in [2.05, 4.69) is 20.6 Å². The molecular formula is C19H23N5O4S. The molecule has 0 aliphatic heterocycles. The Morgan fingerprint density at radius 2 is 1.83 bits per heavy atom. The summed E-state index contributed by atoms with van der Waals surface area (Å²) in [7, 11) is 4.98. The minimum Gasteiger partial charge on any atom is -0.497 e. The third-order valence-corrected chi connectivity index (χ3v) is 5.34. The summed E-state index contributed by atoms with van der Waals surface area (Å²) in [5, 5.41) is 15.2. The number of thioether (sulfide) groups is 1. The molecule has 0 unspecified atom stereocenters. The highest BCUT2D eigenvalue weighted by molar-refractivity contribution is 8.00. The van der Waals surface area contributed by atoms with Gasteiger partial charge in [0, 0.05) is 18.7 Å². The predicted octanol–water partition coefficient (Wildman–Crippen LogP) is 3.22. The Hall–Kier alpha value is -3.01. The number of ether oxygens (including phenoxy) is 2. The molecule has 29 heavy (non-hydrogen) atoms. The van der Waals surface area contributed by atoms with Crippen LogP contribution < -0.4 is 14.8 Å². The van der Waals surface area contributed by atoms with Gasteiger partial charge in [-0.1, -0.05) is 11.8 Å². The Morgan fingerprint density at radius 1 is 1.17 bits per heavy atom. The zero-order valence-electron chi connectivity index (χ0n) is 17.1. The van der Waals surface area contributed by atoms with Gasteiger partial charge in [0.25, 0.3) is 5.22 Å². The van der Waals surface area contributed by atoms with Crippen LogP contribution in [0.4, 0.5) is 5.69 Å². The Balaban J connectivity index is 1.72. The molecule has 1 amide bonds. The second-order valence-corrected chi connectivity index (χ2v) is 7.69. The summed E-state index contributed by atoms with van der Waals surface area (Å²) in [6, 6.07) is 5.30. The van der Waals surface area contributed by atoms with Gasteiger partial charge < -0.3 is 19.2 Å². The lowest BCUT2D eigenvalue weighted by Gasteiger charge is -2.10. The number of carbonyl (C=O) groups excluding carboxylic acids is 1. The topological polar surface area (TPSA) is 104 Å². The zero-order valence-corrected chi connectivity index (χ0v) is 18.0. The van der Waals surface area contributed by atoms with E-state index in [-0.39, 0.29) is 5.91 Å². The van der Waals surface area contributed by atoms with Crippen LogP contribution in [0.3, 0.4) is 0 Å². The molecule has 0 radical (unpaired) electrons. The smallest absolute Gasteiger partial charge is 0.277 e. The molecule has 0 aliphatic carbocycles. The van der Waals surface area contributed by atoms with Crippen LogP contribution in [0.1, 0.15) is 18.3 Å². The van der Waals surface area contributed by atoms with Crippen LogP contribution >= 0.6 is 11.8 Å². The van der Waals surface area contributed by atoms with Crippen molar-refractivity contribution in [3.05, 3.63) is 29.6 Å². The normalized spacial score (nSPS) is 11.9. The quantitative estimate of drug-likeness (QED) is 0.584. The van der Waals surface area contributed by atoms with Crippen molar-refractivity contribution >= 4 is 23.4 Å². The Morgan fingerprint density at radius 3 is 2.38 bits per heavy atom. The number of nitrogens with one attached hydrogen (secondary N) is 1. The van der Waals surface area contributed by atoms with Crippen LogP contribution in [-0.4, -0.2) is 45.4 Å². The molecule has 1 N–H and O–H groups in total. The number of hydrogen-bond acceptors (Lipinski definition) is 8. The third-order valence-electron chi connectivity index (χ3n) is 4.41. The van der Waals surface area contributed by atoms with E-state index in [1.54, 1.807) is 44.0 Å². The van der Waals surface area contributed by atoms with Crippen molar-refractivity contribution in [1.82, 2.24) is 20.0 Å². The van der Waals surface area contributed by atoms with Crippen molar-refractivity contribution in [3.8, 4) is 23.0 Å². The summed E-state index contributed by atoms with van der Waals surface area (Å²) >= 11 is 1.18. The van der Waals surface area contributed by atoms with E-state index in [9.17, 15) is 4.79 Å². The number of hydrogen-bond donors (Lipinski definition) is 1. The summed E-state index contributed by atoms with van der Waals surface area (Å²) in [5.74, 6) is 1.37. The molecule has 9 nitrogen and oxygen atoms in total. The maximum atomic E-state index is 12.6. The van der Waals surface area contributed by atoms with E-state index in [0.717, 1.165) is 17.1 Å². The van der Waals surface area contributed by atoms with Gasteiger partial charge in [0.05, 0.1) is 36.5 Å². The maximum Gasteiger partial charge on any atom is 0.277 e. The number of amides is 1. The summed E-state index contributed by atoms with van der Waals surface area (Å²) in [6.07, 6.45) is 0. The van der Waals surface area contributed by atoms with E-state index >= 15 is 0 Å². The molecule has 0 saturated heterocycles. The number of benzene rings is 1. The number of aromatic nitrogens is 4. The average Bonchev–Trinajstić information content (AvgIpc) is 3.27. The van der Waals surface area contributed by atoms with Gasteiger partial charge in [-0.25, -0.2) is 0 Å². The molecule has 0 saturated carbocycles. The van der Waals surface area contributed by atoms with Crippen molar-refractivity contribution in [2.24, 2.45) is 7.05 Å². The molecule has 0 spiro atoms. The first kappa shape index (κ1) is 20.7. The average molecular weight is 417 g/mol. The van der Waals surface area contributed by atoms with Crippen LogP contribution in [0.15, 0.2) is 27.8 Å². The van der Waals surface area contributed by atoms with Crippen LogP contribution in [0.2, 0.25) is 0 Å². The molecule has 0 aliphatic rings. The second kappa shape index (κ2) is 8.56. The Kier molecular flexibility index (Phi) is 6.12. The van der Waals surface area contributed by atoms with Crippen LogP contribution in [0.5, 0.6) is 11.5 Å². The molecule has 1 aromatic carbocycles. The maximum absolute atomic E-state index is 12.6. The highest BCUT2D eigenvalue weighted by atomic mass is 32.2. The molecule has 3 rings (SSSR count). The number of methoxy groups -OCH3 is 2. The predicted molar refractivity (Wildman–Crippen MR) is 109 cm³/mol. The highest BCUT2D eigenvalue weighted by Crippen LogP contribution is 2.31. The van der Waals surface area contributed by atoms with Gasteiger partial charge in [0.1, 0.15) is 11.5 Å². The van der Waals surface area contributed by atoms with Crippen molar-refractivity contribution in [2.75, 3.05) is 19.5 Å². The lowest BCUT2D eigenvalue weighted by atomic mass is 10.2. The second-order valence-electron chi connectivity index (χ2n) is 6.39. The van der Waals surface area contributed by atoms with Crippen molar-refractivity contribution in [1.29, 1.82) is 0 Å². The lowest BCUT2D eigenvalue weighted by molar-refractivity contribution is -0.115. The molecule has 1 atom stereocenters. The van der Waals surface area contributed by atoms with Gasteiger partial charge in [0.15, 0.2) is 0 Å². The number of anilines is 1. The summed E-state index contributed by atoms with van der Waals surface area (Å²) in [4.78, 5) is 12.6.